The third-order valence-corrected chi connectivity index (χ3v) is 7.32. The van der Waals surface area contributed by atoms with Crippen LogP contribution in [-0.2, 0) is 17.6 Å². The molecule has 0 unspecified atom stereocenters. The number of rotatable bonds is 13. The first-order valence-electron chi connectivity index (χ1n) is 14.5. The van der Waals surface area contributed by atoms with Gasteiger partial charge in [-0.2, -0.15) is 0 Å². The van der Waals surface area contributed by atoms with Gasteiger partial charge in [-0.25, -0.2) is 9.64 Å². The fourth-order valence-electron chi connectivity index (χ4n) is 4.94. The Morgan fingerprint density at radius 3 is 1.77 bits per heavy atom. The first kappa shape index (κ1) is 28.8. The molecule has 0 aliphatic carbocycles. The average molecular weight is 530 g/mol. The van der Waals surface area contributed by atoms with Crippen LogP contribution in [0.1, 0.15) is 72.5 Å². The van der Waals surface area contributed by atoms with E-state index in [0.29, 0.717) is 17.9 Å². The largest absolute Gasteiger partial charge is 0.462 e. The first-order valence-corrected chi connectivity index (χ1v) is 14.5. The molecule has 3 nitrogen and oxygen atoms in total. The molecule has 0 aromatic heterocycles. The highest BCUT2D eigenvalue weighted by atomic mass is 16.5. The number of aryl methyl sites for hydroxylation is 3. The molecule has 0 amide bonds. The molecule has 40 heavy (non-hydrogen) atoms. The fraction of sp³-hybridized carbons (Fsp3) is 0.297. The number of carbonyl (C=O) groups excluding carboxylic acids is 1. The Morgan fingerprint density at radius 2 is 1.23 bits per heavy atom. The summed E-state index contributed by atoms with van der Waals surface area (Å²) in [5.74, 6) is -0.370. The third-order valence-electron chi connectivity index (χ3n) is 7.32. The summed E-state index contributed by atoms with van der Waals surface area (Å²) in [6, 6.07) is 31.4. The smallest absolute Gasteiger partial charge is 0.337 e. The predicted molar refractivity (Wildman–Crippen MR) is 166 cm³/mol. The number of esters is 1. The lowest BCUT2D eigenvalue weighted by Crippen LogP contribution is -2.07. The van der Waals surface area contributed by atoms with Crippen molar-refractivity contribution in [3.8, 4) is 22.3 Å². The Bertz CT molecular complexity index is 1410. The van der Waals surface area contributed by atoms with Gasteiger partial charge in [0.15, 0.2) is 5.69 Å². The van der Waals surface area contributed by atoms with E-state index in [2.05, 4.69) is 84.6 Å². The maximum absolute atomic E-state index is 12.6. The predicted octanol–water partition coefficient (Wildman–Crippen LogP) is 10.2. The number of nitrogens with zero attached hydrogens (tertiary/aromatic N) is 1. The SMILES string of the molecule is [C-]#[N+]c1ccc(-c2ccc(CCCCCCCc3ccc(-c4ccc(C)cc4)cc3)cc2)c(C(=O)OCCC)c1. The Balaban J connectivity index is 1.19. The highest BCUT2D eigenvalue weighted by Crippen LogP contribution is 2.29. The highest BCUT2D eigenvalue weighted by Gasteiger charge is 2.15. The van der Waals surface area contributed by atoms with E-state index in [0.717, 1.165) is 30.4 Å². The molecule has 0 spiro atoms. The molecule has 204 valence electrons. The van der Waals surface area contributed by atoms with Crippen molar-refractivity contribution < 1.29 is 9.53 Å². The minimum absolute atomic E-state index is 0.370. The number of hydrogen-bond donors (Lipinski definition) is 0. The Labute approximate surface area is 239 Å². The maximum atomic E-state index is 12.6. The summed E-state index contributed by atoms with van der Waals surface area (Å²) in [7, 11) is 0. The van der Waals surface area contributed by atoms with Crippen LogP contribution < -0.4 is 0 Å². The molecular formula is C37H39NO2. The monoisotopic (exact) mass is 529 g/mol. The molecule has 0 radical (unpaired) electrons. The average Bonchev–Trinajstić information content (AvgIpc) is 3.00. The Kier molecular flexibility index (Phi) is 10.7. The zero-order chi connectivity index (χ0) is 28.2. The molecule has 4 aromatic rings. The van der Waals surface area contributed by atoms with Gasteiger partial charge in [0.25, 0.3) is 0 Å². The van der Waals surface area contributed by atoms with Crippen LogP contribution in [0.2, 0.25) is 0 Å². The van der Waals surface area contributed by atoms with E-state index in [1.807, 2.05) is 13.0 Å². The van der Waals surface area contributed by atoms with Crippen molar-refractivity contribution in [1.29, 1.82) is 0 Å². The van der Waals surface area contributed by atoms with Crippen LogP contribution >= 0.6 is 0 Å². The van der Waals surface area contributed by atoms with Gasteiger partial charge < -0.3 is 4.74 Å². The number of ether oxygens (including phenoxy) is 1. The second kappa shape index (κ2) is 14.8. The van der Waals surface area contributed by atoms with Crippen molar-refractivity contribution >= 4 is 11.7 Å². The molecule has 0 atom stereocenters. The minimum atomic E-state index is -0.370. The van der Waals surface area contributed by atoms with Gasteiger partial charge >= 0.3 is 5.97 Å². The molecule has 0 fully saturated rings. The molecule has 4 rings (SSSR count). The van der Waals surface area contributed by atoms with E-state index in [-0.39, 0.29) is 5.97 Å². The lowest BCUT2D eigenvalue weighted by atomic mass is 9.96. The molecule has 4 aromatic carbocycles. The van der Waals surface area contributed by atoms with Crippen LogP contribution in [-0.4, -0.2) is 12.6 Å². The summed E-state index contributed by atoms with van der Waals surface area (Å²) < 4.78 is 5.36. The molecule has 0 heterocycles. The maximum Gasteiger partial charge on any atom is 0.337 e. The summed E-state index contributed by atoms with van der Waals surface area (Å²) in [6.45, 7) is 11.8. The van der Waals surface area contributed by atoms with E-state index >= 15 is 0 Å². The molecule has 0 N–H and O–H groups in total. The van der Waals surface area contributed by atoms with E-state index in [1.54, 1.807) is 12.1 Å². The van der Waals surface area contributed by atoms with Crippen LogP contribution in [0.5, 0.6) is 0 Å². The number of benzene rings is 4. The normalized spacial score (nSPS) is 10.7. The van der Waals surface area contributed by atoms with Crippen molar-refractivity contribution in [2.75, 3.05) is 6.61 Å². The van der Waals surface area contributed by atoms with E-state index in [1.165, 1.54) is 59.9 Å². The van der Waals surface area contributed by atoms with Gasteiger partial charge in [0.05, 0.1) is 18.7 Å². The van der Waals surface area contributed by atoms with Crippen molar-refractivity contribution in [3.63, 3.8) is 0 Å². The van der Waals surface area contributed by atoms with Gasteiger partial charge in [0.2, 0.25) is 0 Å². The van der Waals surface area contributed by atoms with Crippen LogP contribution in [0, 0.1) is 13.5 Å². The summed E-state index contributed by atoms with van der Waals surface area (Å²) >= 11 is 0. The molecule has 0 saturated heterocycles. The molecular weight excluding hydrogens is 490 g/mol. The molecule has 0 saturated carbocycles. The number of unbranched alkanes of at least 4 members (excludes halogenated alkanes) is 4. The molecule has 0 bridgehead atoms. The number of carbonyl (C=O) groups is 1. The zero-order valence-electron chi connectivity index (χ0n) is 23.8. The van der Waals surface area contributed by atoms with Gasteiger partial charge in [0.1, 0.15) is 0 Å². The van der Waals surface area contributed by atoms with E-state index < -0.39 is 0 Å². The fourth-order valence-corrected chi connectivity index (χ4v) is 4.94. The van der Waals surface area contributed by atoms with Crippen molar-refractivity contribution in [3.05, 3.63) is 125 Å². The van der Waals surface area contributed by atoms with Gasteiger partial charge in [-0.1, -0.05) is 117 Å². The van der Waals surface area contributed by atoms with Crippen molar-refractivity contribution in [1.82, 2.24) is 0 Å². The van der Waals surface area contributed by atoms with Crippen molar-refractivity contribution in [2.24, 2.45) is 0 Å². The molecule has 0 aliphatic rings. The van der Waals surface area contributed by atoms with Crippen LogP contribution in [0.4, 0.5) is 5.69 Å². The topological polar surface area (TPSA) is 30.7 Å². The lowest BCUT2D eigenvalue weighted by molar-refractivity contribution is 0.0506. The summed E-state index contributed by atoms with van der Waals surface area (Å²) in [5, 5.41) is 0. The minimum Gasteiger partial charge on any atom is -0.462 e. The second-order valence-electron chi connectivity index (χ2n) is 10.5. The third kappa shape index (κ3) is 8.17. The van der Waals surface area contributed by atoms with E-state index in [4.69, 9.17) is 11.3 Å². The van der Waals surface area contributed by atoms with Crippen LogP contribution in [0.3, 0.4) is 0 Å². The standard InChI is InChI=1S/C37H39NO2/c1-4-26-40-37(39)36-27-34(38-3)24-25-35(36)33-22-16-30(17-23-33)11-9-7-5-6-8-10-29-14-20-32(21-15-29)31-18-12-28(2)13-19-31/h12-25,27H,4-11,26H2,1-2H3. The quantitative estimate of drug-likeness (QED) is 0.0980. The Morgan fingerprint density at radius 1 is 0.700 bits per heavy atom. The van der Waals surface area contributed by atoms with Gasteiger partial charge in [0, 0.05) is 0 Å². The zero-order valence-corrected chi connectivity index (χ0v) is 23.8. The molecule has 0 aliphatic heterocycles. The van der Waals surface area contributed by atoms with Crippen LogP contribution in [0.25, 0.3) is 27.1 Å². The van der Waals surface area contributed by atoms with Gasteiger partial charge in [-0.05, 0) is 78.5 Å². The summed E-state index contributed by atoms with van der Waals surface area (Å²) in [4.78, 5) is 16.1. The highest BCUT2D eigenvalue weighted by molar-refractivity contribution is 5.98. The van der Waals surface area contributed by atoms with Crippen molar-refractivity contribution in [2.45, 2.75) is 65.2 Å². The molecule has 3 heteroatoms. The van der Waals surface area contributed by atoms with Gasteiger partial charge in [-0.3, -0.25) is 0 Å². The van der Waals surface area contributed by atoms with Crippen LogP contribution in [0.15, 0.2) is 91.0 Å². The first-order chi connectivity index (χ1) is 19.6. The summed E-state index contributed by atoms with van der Waals surface area (Å²) in [6.07, 6.45) is 9.13. The number of hydrogen-bond acceptors (Lipinski definition) is 2. The summed E-state index contributed by atoms with van der Waals surface area (Å²) in [5.41, 5.74) is 9.26. The van der Waals surface area contributed by atoms with E-state index in [9.17, 15) is 4.79 Å². The second-order valence-corrected chi connectivity index (χ2v) is 10.5. The lowest BCUT2D eigenvalue weighted by Gasteiger charge is -2.11. The Hall–Kier alpha value is -4.16. The van der Waals surface area contributed by atoms with Gasteiger partial charge in [-0.15, -0.1) is 0 Å².